The van der Waals surface area contributed by atoms with Crippen LogP contribution < -0.4 is 20.3 Å². The molecule has 0 saturated carbocycles. The second-order valence-electron chi connectivity index (χ2n) is 7.74. The van der Waals surface area contributed by atoms with E-state index < -0.39 is 0 Å². The number of anilines is 4. The van der Waals surface area contributed by atoms with Crippen molar-refractivity contribution >= 4 is 23.0 Å². The third-order valence-electron chi connectivity index (χ3n) is 5.06. The van der Waals surface area contributed by atoms with Gasteiger partial charge in [0.2, 0.25) is 5.95 Å². The summed E-state index contributed by atoms with van der Waals surface area (Å²) < 4.78 is 7.25. The third kappa shape index (κ3) is 5.24. The minimum Gasteiger partial charge on any atom is -0.493 e. The highest BCUT2D eigenvalue weighted by Gasteiger charge is 2.16. The molecule has 0 aliphatic rings. The SMILES string of the molecule is CNc1cc(Nc2ncc(OC)c(-c3cn(C)nc3C)n2)ccc1N(C)CCN(C)C. The smallest absolute Gasteiger partial charge is 0.227 e. The quantitative estimate of drug-likeness (QED) is 0.542. The summed E-state index contributed by atoms with van der Waals surface area (Å²) in [6.45, 7) is 3.87. The number of aryl methyl sites for hydroxylation is 2. The van der Waals surface area contributed by atoms with Crippen LogP contribution in [0.2, 0.25) is 0 Å². The van der Waals surface area contributed by atoms with Crippen molar-refractivity contribution in [2.75, 3.05) is 63.9 Å². The Bertz CT molecular complexity index is 1030. The summed E-state index contributed by atoms with van der Waals surface area (Å²) in [6.07, 6.45) is 3.61. The molecule has 2 heterocycles. The van der Waals surface area contributed by atoms with E-state index in [-0.39, 0.29) is 0 Å². The van der Waals surface area contributed by atoms with Crippen molar-refractivity contribution in [1.29, 1.82) is 0 Å². The van der Waals surface area contributed by atoms with Crippen molar-refractivity contribution in [2.24, 2.45) is 7.05 Å². The molecule has 0 aliphatic carbocycles. The molecule has 0 spiro atoms. The minimum absolute atomic E-state index is 0.495. The standard InChI is InChI=1S/C22H32N8O/c1-15-17(14-30(6)27-15)21-20(31-7)13-24-22(26-21)25-16-8-9-19(18(12-16)23-2)29(5)11-10-28(3)4/h8-9,12-14,23H,10-11H2,1-7H3,(H,24,25,26). The topological polar surface area (TPSA) is 83.4 Å². The minimum atomic E-state index is 0.495. The van der Waals surface area contributed by atoms with Gasteiger partial charge in [-0.2, -0.15) is 5.10 Å². The molecule has 0 saturated heterocycles. The lowest BCUT2D eigenvalue weighted by Gasteiger charge is -2.24. The molecule has 0 atom stereocenters. The van der Waals surface area contributed by atoms with Crippen LogP contribution in [0.5, 0.6) is 5.75 Å². The van der Waals surface area contributed by atoms with Crippen molar-refractivity contribution in [2.45, 2.75) is 6.92 Å². The summed E-state index contributed by atoms with van der Waals surface area (Å²) in [6, 6.07) is 6.19. The van der Waals surface area contributed by atoms with Gasteiger partial charge in [0.25, 0.3) is 0 Å². The number of hydrogen-bond donors (Lipinski definition) is 2. The van der Waals surface area contributed by atoms with Crippen molar-refractivity contribution in [3.63, 3.8) is 0 Å². The Kier molecular flexibility index (Phi) is 6.96. The second-order valence-corrected chi connectivity index (χ2v) is 7.74. The van der Waals surface area contributed by atoms with Crippen LogP contribution in [-0.2, 0) is 7.05 Å². The largest absolute Gasteiger partial charge is 0.493 e. The van der Waals surface area contributed by atoms with E-state index in [1.165, 1.54) is 0 Å². The zero-order valence-corrected chi connectivity index (χ0v) is 19.4. The Morgan fingerprint density at radius 2 is 1.94 bits per heavy atom. The highest BCUT2D eigenvalue weighted by molar-refractivity contribution is 5.76. The zero-order valence-electron chi connectivity index (χ0n) is 19.4. The van der Waals surface area contributed by atoms with Gasteiger partial charge in [-0.25, -0.2) is 9.97 Å². The summed E-state index contributed by atoms with van der Waals surface area (Å²) in [7, 11) is 11.7. The molecule has 0 fully saturated rings. The third-order valence-corrected chi connectivity index (χ3v) is 5.06. The second kappa shape index (κ2) is 9.65. The first-order chi connectivity index (χ1) is 14.8. The number of likely N-dealkylation sites (N-methyl/N-ethyl adjacent to an activating group) is 2. The maximum atomic E-state index is 5.48. The molecule has 0 unspecified atom stereocenters. The van der Waals surface area contributed by atoms with Gasteiger partial charge >= 0.3 is 0 Å². The first kappa shape index (κ1) is 22.4. The molecule has 0 aliphatic heterocycles. The molecule has 0 radical (unpaired) electrons. The summed E-state index contributed by atoms with van der Waals surface area (Å²) in [5.41, 5.74) is 5.57. The predicted molar refractivity (Wildman–Crippen MR) is 127 cm³/mol. The number of rotatable bonds is 9. The average Bonchev–Trinajstić information content (AvgIpc) is 3.09. The van der Waals surface area contributed by atoms with Crippen LogP contribution >= 0.6 is 0 Å². The summed E-state index contributed by atoms with van der Waals surface area (Å²) >= 11 is 0. The monoisotopic (exact) mass is 424 g/mol. The van der Waals surface area contributed by atoms with E-state index in [0.717, 1.165) is 41.4 Å². The van der Waals surface area contributed by atoms with E-state index in [4.69, 9.17) is 9.72 Å². The van der Waals surface area contributed by atoms with Gasteiger partial charge in [0.1, 0.15) is 5.69 Å². The molecular weight excluding hydrogens is 392 g/mol. The molecule has 3 aromatic rings. The Labute approximate surface area is 184 Å². The first-order valence-electron chi connectivity index (χ1n) is 10.2. The lowest BCUT2D eigenvalue weighted by molar-refractivity contribution is 0.413. The average molecular weight is 425 g/mol. The fourth-order valence-electron chi connectivity index (χ4n) is 3.35. The van der Waals surface area contributed by atoms with Gasteiger partial charge in [-0.15, -0.1) is 0 Å². The zero-order chi connectivity index (χ0) is 22.5. The van der Waals surface area contributed by atoms with Crippen LogP contribution in [-0.4, -0.2) is 73.0 Å². The van der Waals surface area contributed by atoms with Gasteiger partial charge in [-0.05, 0) is 39.2 Å². The number of nitrogens with zero attached hydrogens (tertiary/aromatic N) is 6. The first-order valence-corrected chi connectivity index (χ1v) is 10.2. The van der Waals surface area contributed by atoms with E-state index in [0.29, 0.717) is 17.4 Å². The van der Waals surface area contributed by atoms with Crippen molar-refractivity contribution in [3.8, 4) is 17.0 Å². The normalized spacial score (nSPS) is 11.0. The molecule has 9 nitrogen and oxygen atoms in total. The van der Waals surface area contributed by atoms with Crippen molar-refractivity contribution in [1.82, 2.24) is 24.6 Å². The molecule has 3 rings (SSSR count). The summed E-state index contributed by atoms with van der Waals surface area (Å²) in [5, 5.41) is 11.0. The van der Waals surface area contributed by atoms with Crippen LogP contribution in [0.3, 0.4) is 0 Å². The van der Waals surface area contributed by atoms with Crippen LogP contribution in [0.4, 0.5) is 23.0 Å². The lowest BCUT2D eigenvalue weighted by atomic mass is 10.2. The predicted octanol–water partition coefficient (Wildman–Crippen LogP) is 2.98. The highest BCUT2D eigenvalue weighted by atomic mass is 16.5. The molecule has 0 amide bonds. The summed E-state index contributed by atoms with van der Waals surface area (Å²) in [4.78, 5) is 13.5. The Hall–Kier alpha value is -3.33. The Balaban J connectivity index is 1.87. The maximum absolute atomic E-state index is 5.48. The van der Waals surface area contributed by atoms with Gasteiger partial charge in [-0.1, -0.05) is 0 Å². The number of hydrogen-bond acceptors (Lipinski definition) is 8. The lowest BCUT2D eigenvalue weighted by Crippen LogP contribution is -2.28. The molecule has 2 N–H and O–H groups in total. The number of aromatic nitrogens is 4. The van der Waals surface area contributed by atoms with E-state index in [1.807, 2.05) is 33.3 Å². The van der Waals surface area contributed by atoms with Gasteiger partial charge in [0, 0.05) is 51.7 Å². The molecule has 166 valence electrons. The molecule has 31 heavy (non-hydrogen) atoms. The van der Waals surface area contributed by atoms with Crippen LogP contribution in [0.1, 0.15) is 5.69 Å². The van der Waals surface area contributed by atoms with E-state index in [2.05, 4.69) is 63.8 Å². The molecule has 1 aromatic carbocycles. The van der Waals surface area contributed by atoms with Crippen molar-refractivity contribution in [3.05, 3.63) is 36.3 Å². The van der Waals surface area contributed by atoms with E-state index in [1.54, 1.807) is 18.0 Å². The number of methoxy groups -OCH3 is 1. The fourth-order valence-corrected chi connectivity index (χ4v) is 3.35. The molecule has 9 heteroatoms. The van der Waals surface area contributed by atoms with Crippen molar-refractivity contribution < 1.29 is 4.74 Å². The van der Waals surface area contributed by atoms with Crippen LogP contribution in [0, 0.1) is 6.92 Å². The van der Waals surface area contributed by atoms with Gasteiger partial charge in [0.05, 0.1) is 30.4 Å². The van der Waals surface area contributed by atoms with Crippen LogP contribution in [0.15, 0.2) is 30.6 Å². The van der Waals surface area contributed by atoms with Gasteiger partial charge < -0.3 is 25.2 Å². The summed E-state index contributed by atoms with van der Waals surface area (Å²) in [5.74, 6) is 1.10. The van der Waals surface area contributed by atoms with Gasteiger partial charge in [0.15, 0.2) is 5.75 Å². The number of benzene rings is 1. The van der Waals surface area contributed by atoms with Crippen LogP contribution in [0.25, 0.3) is 11.3 Å². The molecular formula is C22H32N8O. The molecule has 0 bridgehead atoms. The van der Waals surface area contributed by atoms with E-state index in [9.17, 15) is 0 Å². The Morgan fingerprint density at radius 1 is 1.16 bits per heavy atom. The Morgan fingerprint density at radius 3 is 2.55 bits per heavy atom. The van der Waals surface area contributed by atoms with E-state index >= 15 is 0 Å². The fraction of sp³-hybridized carbons (Fsp3) is 0.409. The molecule has 2 aromatic heterocycles. The van der Waals surface area contributed by atoms with Gasteiger partial charge in [-0.3, -0.25) is 4.68 Å². The maximum Gasteiger partial charge on any atom is 0.227 e. The highest BCUT2D eigenvalue weighted by Crippen LogP contribution is 2.32. The number of nitrogens with one attached hydrogen (secondary N) is 2. The number of ether oxygens (including phenoxy) is 1.